The summed E-state index contributed by atoms with van der Waals surface area (Å²) in [7, 11) is 3.93. The highest BCUT2D eigenvalue weighted by Crippen LogP contribution is 2.36. The molecule has 7 nitrogen and oxygen atoms in total. The maximum atomic E-state index is 15.1. The molecule has 188 valence electrons. The van der Waals surface area contributed by atoms with Crippen LogP contribution in [0.3, 0.4) is 0 Å². The fourth-order valence-electron chi connectivity index (χ4n) is 5.02. The average molecular weight is 494 g/mol. The van der Waals surface area contributed by atoms with Crippen molar-refractivity contribution in [3.63, 3.8) is 0 Å². The summed E-state index contributed by atoms with van der Waals surface area (Å²) in [5, 5.41) is 2.71. The first-order chi connectivity index (χ1) is 17.3. The van der Waals surface area contributed by atoms with Gasteiger partial charge in [-0.3, -0.25) is 9.78 Å². The molecule has 1 aromatic carbocycles. The molecule has 1 saturated heterocycles. The number of fused-ring (bicyclic) bond motifs is 1. The lowest BCUT2D eigenvalue weighted by Crippen LogP contribution is -2.32. The summed E-state index contributed by atoms with van der Waals surface area (Å²) < 4.78 is 35.7. The van der Waals surface area contributed by atoms with E-state index in [1.54, 1.807) is 12.1 Å². The molecule has 0 unspecified atom stereocenters. The number of nitrogens with one attached hydrogen (secondary N) is 1. The minimum atomic E-state index is -0.767. The lowest BCUT2D eigenvalue weighted by atomic mass is 9.89. The van der Waals surface area contributed by atoms with E-state index >= 15 is 8.78 Å². The van der Waals surface area contributed by atoms with Gasteiger partial charge in [-0.1, -0.05) is 6.07 Å². The van der Waals surface area contributed by atoms with Gasteiger partial charge in [0.1, 0.15) is 11.6 Å². The zero-order valence-corrected chi connectivity index (χ0v) is 20.4. The van der Waals surface area contributed by atoms with E-state index in [1.165, 1.54) is 12.1 Å². The van der Waals surface area contributed by atoms with Crippen LogP contribution in [0.4, 0.5) is 14.6 Å². The lowest BCUT2D eigenvalue weighted by Gasteiger charge is -2.25. The Hall–Kier alpha value is -3.43. The van der Waals surface area contributed by atoms with Crippen LogP contribution in [0.2, 0.25) is 0 Å². The fraction of sp³-hybridized carbons (Fsp3) is 0.370. The Bertz CT molecular complexity index is 1320. The summed E-state index contributed by atoms with van der Waals surface area (Å²) in [4.78, 5) is 22.9. The van der Waals surface area contributed by atoms with Crippen LogP contribution in [-0.4, -0.2) is 54.6 Å². The van der Waals surface area contributed by atoms with E-state index in [2.05, 4.69) is 10.3 Å². The van der Waals surface area contributed by atoms with Gasteiger partial charge in [0, 0.05) is 43.0 Å². The van der Waals surface area contributed by atoms with Crippen LogP contribution < -0.4 is 11.1 Å². The molecule has 1 amide bonds. The zero-order valence-electron chi connectivity index (χ0n) is 20.4. The maximum Gasteiger partial charge on any atom is 0.251 e. The van der Waals surface area contributed by atoms with Crippen LogP contribution in [0.25, 0.3) is 22.4 Å². The number of ether oxygens (including phenoxy) is 1. The third-order valence-corrected chi connectivity index (χ3v) is 6.83. The molecule has 9 heteroatoms. The van der Waals surface area contributed by atoms with E-state index in [-0.39, 0.29) is 28.4 Å². The molecule has 1 fully saturated rings. The summed E-state index contributed by atoms with van der Waals surface area (Å²) in [6, 6.07) is 8.11. The van der Waals surface area contributed by atoms with Crippen LogP contribution in [0.1, 0.15) is 45.9 Å². The van der Waals surface area contributed by atoms with Crippen LogP contribution in [0.5, 0.6) is 0 Å². The summed E-state index contributed by atoms with van der Waals surface area (Å²) >= 11 is 0. The first-order valence-corrected chi connectivity index (χ1v) is 12.1. The number of carbonyl (C=O) groups is 1. The zero-order chi connectivity index (χ0) is 25.4. The van der Waals surface area contributed by atoms with Gasteiger partial charge in [-0.05, 0) is 74.7 Å². The smallest absolute Gasteiger partial charge is 0.251 e. The Balaban J connectivity index is 1.59. The Morgan fingerprint density at radius 1 is 1.06 bits per heavy atom. The van der Waals surface area contributed by atoms with E-state index in [4.69, 9.17) is 15.5 Å². The molecule has 0 saturated carbocycles. The van der Waals surface area contributed by atoms with Gasteiger partial charge < -0.3 is 20.7 Å². The normalized spacial score (nSPS) is 16.2. The number of nitrogens with zero attached hydrogens (tertiary/aromatic N) is 3. The number of carbonyl (C=O) groups excluding carboxylic acids is 1. The second kappa shape index (κ2) is 9.91. The topological polar surface area (TPSA) is 93.4 Å². The SMILES string of the molecule is CN(C)Cc1nc(-c2cc(-c3cc4c(cc3F)C(=O)NCC4)c(N)nc2F)ccc1C1CCOCC1. The molecule has 0 radical (unpaired) electrons. The van der Waals surface area contributed by atoms with Gasteiger partial charge in [0.05, 0.1) is 17.0 Å². The molecule has 0 spiro atoms. The maximum absolute atomic E-state index is 15.1. The van der Waals surface area contributed by atoms with Gasteiger partial charge in [0.15, 0.2) is 0 Å². The summed E-state index contributed by atoms with van der Waals surface area (Å²) in [6.45, 7) is 2.49. The first kappa shape index (κ1) is 24.3. The Morgan fingerprint density at radius 3 is 2.58 bits per heavy atom. The highest BCUT2D eigenvalue weighted by atomic mass is 19.1. The molecule has 2 aliphatic heterocycles. The molecule has 2 aliphatic rings. The van der Waals surface area contributed by atoms with E-state index in [1.807, 2.05) is 25.1 Å². The van der Waals surface area contributed by atoms with Gasteiger partial charge in [0.2, 0.25) is 5.95 Å². The molecular weight excluding hydrogens is 464 g/mol. The van der Waals surface area contributed by atoms with E-state index in [0.29, 0.717) is 55.5 Å². The van der Waals surface area contributed by atoms with Crippen LogP contribution in [-0.2, 0) is 17.7 Å². The Morgan fingerprint density at radius 2 is 1.83 bits per heavy atom. The second-order valence-electron chi connectivity index (χ2n) is 9.61. The second-order valence-corrected chi connectivity index (χ2v) is 9.61. The molecule has 0 aliphatic carbocycles. The van der Waals surface area contributed by atoms with Gasteiger partial charge in [-0.2, -0.15) is 4.39 Å². The van der Waals surface area contributed by atoms with Crippen molar-refractivity contribution in [1.29, 1.82) is 0 Å². The molecule has 0 atom stereocenters. The number of rotatable bonds is 5. The standard InChI is InChI=1S/C27H29F2N5O2/c1-34(2)14-24-17(15-6-9-36-10-7-15)3-4-23(32-24)21-12-20(26(30)33-25(21)29)19-11-16-5-8-31-27(35)18(16)13-22(19)28/h3-4,11-13,15H,5-10,14H2,1-2H3,(H2,30,33)(H,31,35). The molecule has 2 aromatic heterocycles. The highest BCUT2D eigenvalue weighted by molar-refractivity contribution is 5.97. The van der Waals surface area contributed by atoms with E-state index in [0.717, 1.165) is 24.1 Å². The van der Waals surface area contributed by atoms with Crippen LogP contribution in [0.15, 0.2) is 30.3 Å². The van der Waals surface area contributed by atoms with Crippen molar-refractivity contribution >= 4 is 11.7 Å². The average Bonchev–Trinajstić information content (AvgIpc) is 2.85. The number of aromatic nitrogens is 2. The number of nitrogen functional groups attached to an aromatic ring is 1. The van der Waals surface area contributed by atoms with Gasteiger partial charge in [-0.15, -0.1) is 0 Å². The fourth-order valence-corrected chi connectivity index (χ4v) is 5.02. The number of pyridine rings is 2. The van der Waals surface area contributed by atoms with Gasteiger partial charge in [-0.25, -0.2) is 9.37 Å². The van der Waals surface area contributed by atoms with Crippen molar-refractivity contribution in [1.82, 2.24) is 20.2 Å². The van der Waals surface area contributed by atoms with Gasteiger partial charge in [0.25, 0.3) is 5.91 Å². The van der Waals surface area contributed by atoms with E-state index in [9.17, 15) is 4.79 Å². The number of hydrogen-bond donors (Lipinski definition) is 2. The molecule has 3 aromatic rings. The van der Waals surface area contributed by atoms with Crippen molar-refractivity contribution < 1.29 is 18.3 Å². The predicted octanol–water partition coefficient (Wildman–Crippen LogP) is 3.91. The quantitative estimate of drug-likeness (QED) is 0.524. The summed E-state index contributed by atoms with van der Waals surface area (Å²) in [6.07, 6.45) is 2.40. The number of nitrogens with two attached hydrogens (primary N) is 1. The number of halogens is 2. The molecule has 36 heavy (non-hydrogen) atoms. The minimum Gasteiger partial charge on any atom is -0.383 e. The van der Waals surface area contributed by atoms with Crippen LogP contribution in [0, 0.1) is 11.8 Å². The first-order valence-electron chi connectivity index (χ1n) is 12.1. The number of hydrogen-bond acceptors (Lipinski definition) is 6. The summed E-state index contributed by atoms with van der Waals surface area (Å²) in [5.74, 6) is -1.48. The molecular formula is C27H29F2N5O2. The van der Waals surface area contributed by atoms with Crippen molar-refractivity contribution in [2.45, 2.75) is 31.7 Å². The van der Waals surface area contributed by atoms with Crippen molar-refractivity contribution in [3.8, 4) is 22.4 Å². The number of benzene rings is 1. The van der Waals surface area contributed by atoms with Gasteiger partial charge >= 0.3 is 0 Å². The monoisotopic (exact) mass is 493 g/mol. The largest absolute Gasteiger partial charge is 0.383 e. The Kier molecular flexibility index (Phi) is 6.68. The van der Waals surface area contributed by atoms with Crippen molar-refractivity contribution in [2.75, 3.05) is 39.6 Å². The molecule has 4 heterocycles. The lowest BCUT2D eigenvalue weighted by molar-refractivity contribution is 0.0849. The Labute approximate surface area is 208 Å². The third kappa shape index (κ3) is 4.68. The van der Waals surface area contributed by atoms with Crippen molar-refractivity contribution in [3.05, 3.63) is 64.5 Å². The molecule has 5 rings (SSSR count). The number of anilines is 1. The number of amides is 1. The third-order valence-electron chi connectivity index (χ3n) is 6.83. The highest BCUT2D eigenvalue weighted by Gasteiger charge is 2.24. The summed E-state index contributed by atoms with van der Waals surface area (Å²) in [5.41, 5.74) is 10.1. The molecule has 0 bridgehead atoms. The van der Waals surface area contributed by atoms with E-state index < -0.39 is 11.8 Å². The molecule has 3 N–H and O–H groups in total. The predicted molar refractivity (Wildman–Crippen MR) is 133 cm³/mol. The van der Waals surface area contributed by atoms with Crippen molar-refractivity contribution in [2.24, 2.45) is 0 Å². The minimum absolute atomic E-state index is 0.122. The van der Waals surface area contributed by atoms with Crippen LogP contribution >= 0.6 is 0 Å².